The molecule has 1 saturated carbocycles. The van der Waals surface area contributed by atoms with E-state index in [1.807, 2.05) is 12.4 Å². The van der Waals surface area contributed by atoms with Gasteiger partial charge < -0.3 is 5.32 Å². The fraction of sp³-hybridized carbons (Fsp3) is 0.727. The van der Waals surface area contributed by atoms with Crippen LogP contribution in [0, 0.1) is 5.41 Å². The first kappa shape index (κ1) is 9.56. The molecule has 14 heavy (non-hydrogen) atoms. The number of rotatable bonds is 3. The molecular formula is C11H19N3. The molecule has 0 bridgehead atoms. The van der Waals surface area contributed by atoms with E-state index in [1.165, 1.54) is 32.1 Å². The molecule has 1 aromatic heterocycles. The molecule has 1 fully saturated rings. The van der Waals surface area contributed by atoms with Crippen LogP contribution >= 0.6 is 0 Å². The summed E-state index contributed by atoms with van der Waals surface area (Å²) < 4.78 is 0. The van der Waals surface area contributed by atoms with Gasteiger partial charge in [-0.1, -0.05) is 26.2 Å². The first-order valence-electron chi connectivity index (χ1n) is 5.51. The zero-order chi connectivity index (χ0) is 9.86. The first-order valence-corrected chi connectivity index (χ1v) is 5.51. The summed E-state index contributed by atoms with van der Waals surface area (Å²) in [5.74, 6) is 0. The molecule has 78 valence electrons. The maximum absolute atomic E-state index is 3.92. The van der Waals surface area contributed by atoms with Crippen LogP contribution in [-0.2, 0) is 0 Å². The normalized spacial score (nSPS) is 20.6. The second kappa shape index (κ2) is 4.03. The molecule has 1 aliphatic carbocycles. The lowest BCUT2D eigenvalue weighted by molar-refractivity contribution is 0.233. The van der Waals surface area contributed by atoms with E-state index in [1.54, 1.807) is 0 Å². The van der Waals surface area contributed by atoms with E-state index >= 15 is 0 Å². The maximum Gasteiger partial charge on any atom is 0.0723 e. The van der Waals surface area contributed by atoms with Crippen LogP contribution in [0.4, 0.5) is 5.69 Å². The van der Waals surface area contributed by atoms with Crippen molar-refractivity contribution in [2.75, 3.05) is 11.9 Å². The number of aromatic amines is 1. The molecule has 3 nitrogen and oxygen atoms in total. The number of aromatic nitrogens is 2. The number of hydrogen-bond donors (Lipinski definition) is 2. The third-order valence-electron chi connectivity index (χ3n) is 3.28. The summed E-state index contributed by atoms with van der Waals surface area (Å²) in [6.45, 7) is 3.46. The Hall–Kier alpha value is -0.990. The smallest absolute Gasteiger partial charge is 0.0723 e. The van der Waals surface area contributed by atoms with Gasteiger partial charge in [0, 0.05) is 12.7 Å². The van der Waals surface area contributed by atoms with Crippen LogP contribution in [0.25, 0.3) is 0 Å². The summed E-state index contributed by atoms with van der Waals surface area (Å²) in [4.78, 5) is 0. The monoisotopic (exact) mass is 193 g/mol. The molecule has 1 aromatic rings. The topological polar surface area (TPSA) is 40.7 Å². The quantitative estimate of drug-likeness (QED) is 0.775. The zero-order valence-corrected chi connectivity index (χ0v) is 8.84. The number of hydrogen-bond acceptors (Lipinski definition) is 2. The van der Waals surface area contributed by atoms with Crippen molar-refractivity contribution in [3.63, 3.8) is 0 Å². The van der Waals surface area contributed by atoms with Gasteiger partial charge in [0.1, 0.15) is 0 Å². The van der Waals surface area contributed by atoms with Crippen molar-refractivity contribution < 1.29 is 0 Å². The van der Waals surface area contributed by atoms with Crippen molar-refractivity contribution in [1.82, 2.24) is 10.2 Å². The minimum Gasteiger partial charge on any atom is -0.382 e. The Morgan fingerprint density at radius 1 is 1.43 bits per heavy atom. The summed E-state index contributed by atoms with van der Waals surface area (Å²) in [7, 11) is 0. The van der Waals surface area contributed by atoms with Crippen molar-refractivity contribution in [1.29, 1.82) is 0 Å². The number of nitrogens with one attached hydrogen (secondary N) is 2. The van der Waals surface area contributed by atoms with Gasteiger partial charge in [0.25, 0.3) is 0 Å². The zero-order valence-electron chi connectivity index (χ0n) is 8.84. The molecule has 0 saturated heterocycles. The van der Waals surface area contributed by atoms with Gasteiger partial charge in [-0.3, -0.25) is 5.10 Å². The molecule has 0 spiro atoms. The Morgan fingerprint density at radius 3 is 2.86 bits per heavy atom. The SMILES string of the molecule is CC1(CNc2cn[nH]c2)CCCCC1. The Labute approximate surface area is 85.3 Å². The van der Waals surface area contributed by atoms with Crippen molar-refractivity contribution in [2.24, 2.45) is 5.41 Å². The molecule has 2 N–H and O–H groups in total. The van der Waals surface area contributed by atoms with Crippen molar-refractivity contribution >= 4 is 5.69 Å². The fourth-order valence-corrected chi connectivity index (χ4v) is 2.25. The molecule has 0 aliphatic heterocycles. The van der Waals surface area contributed by atoms with Gasteiger partial charge in [-0.2, -0.15) is 5.10 Å². The fourth-order valence-electron chi connectivity index (χ4n) is 2.25. The van der Waals surface area contributed by atoms with Crippen molar-refractivity contribution in [3.8, 4) is 0 Å². The Morgan fingerprint density at radius 2 is 2.21 bits per heavy atom. The lowest BCUT2D eigenvalue weighted by Crippen LogP contribution is -2.28. The lowest BCUT2D eigenvalue weighted by Gasteiger charge is -2.33. The van der Waals surface area contributed by atoms with E-state index in [4.69, 9.17) is 0 Å². The summed E-state index contributed by atoms with van der Waals surface area (Å²) in [6.07, 6.45) is 10.7. The van der Waals surface area contributed by atoms with Crippen LogP contribution in [0.1, 0.15) is 39.0 Å². The van der Waals surface area contributed by atoms with Crippen LogP contribution in [0.5, 0.6) is 0 Å². The maximum atomic E-state index is 3.92. The van der Waals surface area contributed by atoms with Crippen LogP contribution < -0.4 is 5.32 Å². The van der Waals surface area contributed by atoms with Gasteiger partial charge in [-0.05, 0) is 18.3 Å². The number of H-pyrrole nitrogens is 1. The molecule has 1 heterocycles. The standard InChI is InChI=1S/C11H19N3/c1-11(5-3-2-4-6-11)9-12-10-7-13-14-8-10/h7-8,12H,2-6,9H2,1H3,(H,13,14). The highest BCUT2D eigenvalue weighted by atomic mass is 15.1. The molecular weight excluding hydrogens is 174 g/mol. The lowest BCUT2D eigenvalue weighted by atomic mass is 9.76. The average Bonchev–Trinajstić information content (AvgIpc) is 2.69. The third-order valence-corrected chi connectivity index (χ3v) is 3.28. The number of anilines is 1. The molecule has 0 atom stereocenters. The molecule has 3 heteroatoms. The second-order valence-corrected chi connectivity index (χ2v) is 4.71. The summed E-state index contributed by atoms with van der Waals surface area (Å²) in [6, 6.07) is 0. The predicted octanol–water partition coefficient (Wildman–Crippen LogP) is 2.79. The Bertz CT molecular complexity index is 260. The van der Waals surface area contributed by atoms with E-state index in [0.29, 0.717) is 5.41 Å². The minimum absolute atomic E-state index is 0.496. The van der Waals surface area contributed by atoms with Gasteiger partial charge in [-0.25, -0.2) is 0 Å². The Balaban J connectivity index is 1.84. The molecule has 1 aliphatic rings. The molecule has 2 rings (SSSR count). The second-order valence-electron chi connectivity index (χ2n) is 4.71. The van der Waals surface area contributed by atoms with Crippen molar-refractivity contribution in [3.05, 3.63) is 12.4 Å². The van der Waals surface area contributed by atoms with E-state index < -0.39 is 0 Å². The van der Waals surface area contributed by atoms with Crippen LogP contribution in [0.15, 0.2) is 12.4 Å². The first-order chi connectivity index (χ1) is 6.79. The summed E-state index contributed by atoms with van der Waals surface area (Å²) in [5, 5.41) is 10.2. The molecule has 0 amide bonds. The van der Waals surface area contributed by atoms with Gasteiger partial charge in [0.2, 0.25) is 0 Å². The molecule has 0 unspecified atom stereocenters. The third kappa shape index (κ3) is 2.28. The van der Waals surface area contributed by atoms with E-state index in [9.17, 15) is 0 Å². The minimum atomic E-state index is 0.496. The van der Waals surface area contributed by atoms with E-state index in [2.05, 4.69) is 22.4 Å². The highest BCUT2D eigenvalue weighted by Gasteiger charge is 2.26. The van der Waals surface area contributed by atoms with Crippen molar-refractivity contribution in [2.45, 2.75) is 39.0 Å². The van der Waals surface area contributed by atoms with Gasteiger partial charge >= 0.3 is 0 Å². The van der Waals surface area contributed by atoms with Gasteiger partial charge in [-0.15, -0.1) is 0 Å². The Kier molecular flexibility index (Phi) is 2.75. The summed E-state index contributed by atoms with van der Waals surface area (Å²) in [5.41, 5.74) is 1.60. The predicted molar refractivity (Wildman–Crippen MR) is 58.3 cm³/mol. The molecule has 0 aromatic carbocycles. The van der Waals surface area contributed by atoms with Crippen LogP contribution in [0.2, 0.25) is 0 Å². The van der Waals surface area contributed by atoms with Crippen LogP contribution in [0.3, 0.4) is 0 Å². The highest BCUT2D eigenvalue weighted by Crippen LogP contribution is 2.35. The van der Waals surface area contributed by atoms with Gasteiger partial charge in [0.15, 0.2) is 0 Å². The summed E-state index contributed by atoms with van der Waals surface area (Å²) >= 11 is 0. The van der Waals surface area contributed by atoms with E-state index in [0.717, 1.165) is 12.2 Å². The van der Waals surface area contributed by atoms with Crippen LogP contribution in [-0.4, -0.2) is 16.7 Å². The molecule has 0 radical (unpaired) electrons. The number of nitrogens with zero attached hydrogens (tertiary/aromatic N) is 1. The average molecular weight is 193 g/mol. The van der Waals surface area contributed by atoms with E-state index in [-0.39, 0.29) is 0 Å². The largest absolute Gasteiger partial charge is 0.382 e. The highest BCUT2D eigenvalue weighted by molar-refractivity contribution is 5.37. The van der Waals surface area contributed by atoms with Gasteiger partial charge in [0.05, 0.1) is 11.9 Å².